The second-order valence-corrected chi connectivity index (χ2v) is 5.93. The molecule has 0 radical (unpaired) electrons. The van der Waals surface area contributed by atoms with Crippen LogP contribution < -0.4 is 10.2 Å². The van der Waals surface area contributed by atoms with Gasteiger partial charge in [0.25, 0.3) is 11.8 Å². The summed E-state index contributed by atoms with van der Waals surface area (Å²) in [6.07, 6.45) is 1.20. The van der Waals surface area contributed by atoms with E-state index < -0.39 is 17.8 Å². The minimum Gasteiger partial charge on any atom is -0.507 e. The molecule has 0 aliphatic carbocycles. The van der Waals surface area contributed by atoms with Crippen molar-refractivity contribution in [2.75, 3.05) is 4.90 Å². The predicted octanol–water partition coefficient (Wildman–Crippen LogP) is 3.02. The molecule has 2 aromatic rings. The second kappa shape index (κ2) is 6.41. The third-order valence-corrected chi connectivity index (χ3v) is 3.92. The number of aromatic hydroxyl groups is 1. The lowest BCUT2D eigenvalue weighted by atomic mass is 10.1. The summed E-state index contributed by atoms with van der Waals surface area (Å²) < 4.78 is 0. The number of nitrogens with one attached hydrogen (secondary N) is 1. The number of rotatable bonds is 2. The first kappa shape index (κ1) is 16.7. The second-order valence-electron chi connectivity index (χ2n) is 5.50. The van der Waals surface area contributed by atoms with E-state index in [0.29, 0.717) is 10.7 Å². The van der Waals surface area contributed by atoms with Crippen molar-refractivity contribution in [2.45, 2.75) is 6.92 Å². The van der Waals surface area contributed by atoms with E-state index in [9.17, 15) is 19.5 Å². The molecule has 1 aliphatic heterocycles. The molecular formula is C18H13ClN2O4. The number of barbiturate groups is 1. The molecule has 0 bridgehead atoms. The van der Waals surface area contributed by atoms with Crippen LogP contribution in [-0.4, -0.2) is 23.0 Å². The number of halogens is 1. The normalized spacial score (nSPS) is 16.3. The Morgan fingerprint density at radius 3 is 2.44 bits per heavy atom. The molecule has 4 amide bonds. The van der Waals surface area contributed by atoms with Gasteiger partial charge in [-0.25, -0.2) is 9.69 Å². The lowest BCUT2D eigenvalue weighted by Gasteiger charge is -2.26. The van der Waals surface area contributed by atoms with E-state index in [1.165, 1.54) is 24.3 Å². The Kier molecular flexibility index (Phi) is 4.29. The van der Waals surface area contributed by atoms with Crippen molar-refractivity contribution in [1.29, 1.82) is 0 Å². The largest absolute Gasteiger partial charge is 0.507 e. The van der Waals surface area contributed by atoms with E-state index in [-0.39, 0.29) is 16.9 Å². The van der Waals surface area contributed by atoms with Crippen molar-refractivity contribution in [1.82, 2.24) is 5.32 Å². The van der Waals surface area contributed by atoms with E-state index in [2.05, 4.69) is 5.32 Å². The van der Waals surface area contributed by atoms with Gasteiger partial charge in [0.1, 0.15) is 11.3 Å². The highest BCUT2D eigenvalue weighted by atomic mass is 35.5. The quantitative estimate of drug-likeness (QED) is 0.639. The summed E-state index contributed by atoms with van der Waals surface area (Å²) in [5, 5.41) is 12.3. The molecule has 7 heteroatoms. The maximum atomic E-state index is 12.7. The minimum atomic E-state index is -0.835. The molecule has 0 spiro atoms. The maximum Gasteiger partial charge on any atom is 0.335 e. The number of benzene rings is 2. The van der Waals surface area contributed by atoms with Gasteiger partial charge in [0.2, 0.25) is 0 Å². The molecule has 6 nitrogen and oxygen atoms in total. The molecule has 1 fully saturated rings. The lowest BCUT2D eigenvalue weighted by Crippen LogP contribution is -2.54. The summed E-state index contributed by atoms with van der Waals surface area (Å²) in [6.45, 7) is 1.87. The number of amides is 4. The van der Waals surface area contributed by atoms with Crippen LogP contribution in [-0.2, 0) is 9.59 Å². The summed E-state index contributed by atoms with van der Waals surface area (Å²) in [5.41, 5.74) is 1.22. The number of urea groups is 1. The van der Waals surface area contributed by atoms with E-state index in [1.807, 2.05) is 6.92 Å². The molecule has 2 N–H and O–H groups in total. The third kappa shape index (κ3) is 3.25. The first-order valence-corrected chi connectivity index (χ1v) is 7.71. The van der Waals surface area contributed by atoms with Gasteiger partial charge in [-0.05, 0) is 43.3 Å². The number of carbonyl (C=O) groups is 3. The van der Waals surface area contributed by atoms with Crippen LogP contribution in [0.15, 0.2) is 48.0 Å². The van der Waals surface area contributed by atoms with Crippen LogP contribution in [0.2, 0.25) is 5.02 Å². The highest BCUT2D eigenvalue weighted by Gasteiger charge is 2.36. The van der Waals surface area contributed by atoms with Gasteiger partial charge in [-0.3, -0.25) is 14.9 Å². The fourth-order valence-electron chi connectivity index (χ4n) is 2.38. The van der Waals surface area contributed by atoms with Crippen molar-refractivity contribution in [3.63, 3.8) is 0 Å². The summed E-state index contributed by atoms with van der Waals surface area (Å²) in [7, 11) is 0. The van der Waals surface area contributed by atoms with Crippen molar-refractivity contribution in [3.8, 4) is 5.75 Å². The lowest BCUT2D eigenvalue weighted by molar-refractivity contribution is -0.122. The molecule has 0 saturated carbocycles. The predicted molar refractivity (Wildman–Crippen MR) is 93.3 cm³/mol. The molecule has 3 rings (SSSR count). The Balaban J connectivity index is 2.05. The van der Waals surface area contributed by atoms with Crippen LogP contribution in [0.4, 0.5) is 10.5 Å². The molecule has 1 saturated heterocycles. The average molecular weight is 357 g/mol. The zero-order valence-electron chi connectivity index (χ0n) is 13.1. The zero-order valence-corrected chi connectivity index (χ0v) is 13.9. The van der Waals surface area contributed by atoms with Gasteiger partial charge in [-0.2, -0.15) is 0 Å². The van der Waals surface area contributed by atoms with Gasteiger partial charge in [0.05, 0.1) is 5.69 Å². The number of aryl methyl sites for hydroxylation is 1. The Morgan fingerprint density at radius 2 is 1.76 bits per heavy atom. The topological polar surface area (TPSA) is 86.7 Å². The smallest absolute Gasteiger partial charge is 0.335 e. The van der Waals surface area contributed by atoms with Gasteiger partial charge >= 0.3 is 6.03 Å². The Hall–Kier alpha value is -3.12. The van der Waals surface area contributed by atoms with Crippen molar-refractivity contribution in [2.24, 2.45) is 0 Å². The average Bonchev–Trinajstić information content (AvgIpc) is 2.56. The van der Waals surface area contributed by atoms with Crippen molar-refractivity contribution < 1.29 is 19.5 Å². The molecular weight excluding hydrogens is 344 g/mol. The fraction of sp³-hybridized carbons (Fsp3) is 0.0556. The number of carbonyl (C=O) groups excluding carboxylic acids is 3. The summed E-state index contributed by atoms with van der Waals surface area (Å²) in [6, 6.07) is 10.1. The molecule has 25 heavy (non-hydrogen) atoms. The molecule has 2 aromatic carbocycles. The van der Waals surface area contributed by atoms with Gasteiger partial charge in [0.15, 0.2) is 0 Å². The number of hydrogen-bond acceptors (Lipinski definition) is 4. The van der Waals surface area contributed by atoms with E-state index in [0.717, 1.165) is 10.5 Å². The zero-order chi connectivity index (χ0) is 18.1. The summed E-state index contributed by atoms with van der Waals surface area (Å²) in [4.78, 5) is 37.7. The van der Waals surface area contributed by atoms with Crippen molar-refractivity contribution in [3.05, 3.63) is 64.2 Å². The molecule has 1 heterocycles. The first-order valence-electron chi connectivity index (χ1n) is 7.33. The molecule has 0 unspecified atom stereocenters. The highest BCUT2D eigenvalue weighted by molar-refractivity contribution is 6.39. The number of hydrogen-bond donors (Lipinski definition) is 2. The standard InChI is InChI=1S/C18H13ClN2O4/c1-10-2-5-13(6-3-10)21-17(24)14(16(23)20-18(21)25)9-11-8-12(19)4-7-15(11)22/h2-9,22H,1H3,(H,20,23,25)/b14-9-. The van der Waals surface area contributed by atoms with Crippen LogP contribution in [0, 0.1) is 6.92 Å². The first-order chi connectivity index (χ1) is 11.9. The van der Waals surface area contributed by atoms with E-state index >= 15 is 0 Å². The molecule has 126 valence electrons. The minimum absolute atomic E-state index is 0.142. The molecule has 1 aliphatic rings. The maximum absolute atomic E-state index is 12.7. The monoisotopic (exact) mass is 356 g/mol. The summed E-state index contributed by atoms with van der Waals surface area (Å²) in [5.74, 6) is -1.76. The number of imide groups is 2. The molecule has 0 aromatic heterocycles. The van der Waals surface area contributed by atoms with Crippen molar-refractivity contribution >= 4 is 41.2 Å². The fourth-order valence-corrected chi connectivity index (χ4v) is 2.56. The van der Waals surface area contributed by atoms with Crippen LogP contribution in [0.25, 0.3) is 6.08 Å². The Labute approximate surface area is 148 Å². The van der Waals surface area contributed by atoms with Gasteiger partial charge in [-0.1, -0.05) is 29.3 Å². The van der Waals surface area contributed by atoms with Crippen LogP contribution in [0.1, 0.15) is 11.1 Å². The van der Waals surface area contributed by atoms with E-state index in [4.69, 9.17) is 11.6 Å². The van der Waals surface area contributed by atoms with Crippen LogP contribution in [0.5, 0.6) is 5.75 Å². The third-order valence-electron chi connectivity index (χ3n) is 3.68. The SMILES string of the molecule is Cc1ccc(N2C(=O)NC(=O)/C(=C/c3cc(Cl)ccc3O)C2=O)cc1. The van der Waals surface area contributed by atoms with Crippen LogP contribution >= 0.6 is 11.6 Å². The summed E-state index contributed by atoms with van der Waals surface area (Å²) >= 11 is 5.88. The van der Waals surface area contributed by atoms with Gasteiger partial charge in [0, 0.05) is 10.6 Å². The number of phenolic OH excluding ortho intramolecular Hbond substituents is 1. The van der Waals surface area contributed by atoms with Gasteiger partial charge in [-0.15, -0.1) is 0 Å². The van der Waals surface area contributed by atoms with Crippen LogP contribution in [0.3, 0.4) is 0 Å². The Bertz CT molecular complexity index is 919. The van der Waals surface area contributed by atoms with Gasteiger partial charge < -0.3 is 5.11 Å². The number of anilines is 1. The molecule has 0 atom stereocenters. The van der Waals surface area contributed by atoms with E-state index in [1.54, 1.807) is 24.3 Å². The number of phenols is 1. The Morgan fingerprint density at radius 1 is 1.08 bits per heavy atom. The number of nitrogens with zero attached hydrogens (tertiary/aromatic N) is 1. The highest BCUT2D eigenvalue weighted by Crippen LogP contribution is 2.27.